The second kappa shape index (κ2) is 12.1. The summed E-state index contributed by atoms with van der Waals surface area (Å²) in [7, 11) is 0. The fourth-order valence-corrected chi connectivity index (χ4v) is 7.27. The number of hydrogen-bond donors (Lipinski definition) is 3. The maximum atomic E-state index is 11.9. The second-order valence-corrected chi connectivity index (χ2v) is 12.6. The molecule has 7 rings (SSSR count). The van der Waals surface area contributed by atoms with E-state index in [1.807, 2.05) is 6.07 Å². The van der Waals surface area contributed by atoms with Crippen LogP contribution in [0.1, 0.15) is 63.7 Å². The monoisotopic (exact) mass is 611 g/mol. The van der Waals surface area contributed by atoms with Gasteiger partial charge in [-0.15, -0.1) is 5.48 Å². The Morgan fingerprint density at radius 1 is 1.16 bits per heavy atom. The zero-order chi connectivity index (χ0) is 29.5. The predicted octanol–water partition coefficient (Wildman–Crippen LogP) is 4.34. The van der Waals surface area contributed by atoms with Crippen molar-refractivity contribution in [2.75, 3.05) is 31.3 Å². The number of fused-ring (bicyclic) bond motifs is 2. The maximum Gasteiger partial charge on any atom is 0.427 e. The molecule has 5 heterocycles. The summed E-state index contributed by atoms with van der Waals surface area (Å²) in [6.45, 7) is 4.48. The minimum absolute atomic E-state index is 0.0696. The number of amides is 1. The largest absolute Gasteiger partial charge is 0.475 e. The van der Waals surface area contributed by atoms with E-state index in [0.29, 0.717) is 40.4 Å². The molecule has 3 N–H and O–H groups in total. The van der Waals surface area contributed by atoms with Crippen LogP contribution in [0.5, 0.6) is 5.88 Å². The summed E-state index contributed by atoms with van der Waals surface area (Å²) in [6, 6.07) is 3.96. The lowest BCUT2D eigenvalue weighted by molar-refractivity contribution is 0.0247. The number of aromatic nitrogens is 4. The number of aliphatic hydroxyl groups excluding tert-OH is 1. The summed E-state index contributed by atoms with van der Waals surface area (Å²) < 4.78 is 14.4. The normalized spacial score (nSPS) is 27.3. The summed E-state index contributed by atoms with van der Waals surface area (Å²) in [4.78, 5) is 34.2. The predicted molar refractivity (Wildman–Crippen MR) is 160 cm³/mol. The molecule has 0 spiro atoms. The topological polar surface area (TPSA) is 136 Å². The van der Waals surface area contributed by atoms with Crippen LogP contribution in [-0.2, 0) is 16.1 Å². The number of rotatable bonds is 8. The number of nitrogens with zero attached hydrogens (tertiary/aromatic N) is 5. The van der Waals surface area contributed by atoms with Crippen molar-refractivity contribution in [3.8, 4) is 17.1 Å². The van der Waals surface area contributed by atoms with E-state index < -0.39 is 12.3 Å². The van der Waals surface area contributed by atoms with E-state index in [1.54, 1.807) is 6.07 Å². The van der Waals surface area contributed by atoms with Gasteiger partial charge in [0.2, 0.25) is 11.8 Å². The zero-order valence-electron chi connectivity index (χ0n) is 24.3. The van der Waals surface area contributed by atoms with E-state index in [2.05, 4.69) is 32.2 Å². The molecule has 3 atom stereocenters. The number of aliphatic hydroxyl groups is 1. The lowest BCUT2D eigenvalue weighted by Gasteiger charge is -2.39. The second-order valence-electron chi connectivity index (χ2n) is 12.2. The van der Waals surface area contributed by atoms with Crippen LogP contribution in [0, 0.1) is 11.8 Å². The number of anilines is 1. The van der Waals surface area contributed by atoms with Gasteiger partial charge in [0.1, 0.15) is 12.3 Å². The number of imidazole rings is 1. The number of carbonyl (C=O) groups is 1. The van der Waals surface area contributed by atoms with Gasteiger partial charge in [0.05, 0.1) is 52.7 Å². The molecule has 13 heteroatoms. The van der Waals surface area contributed by atoms with Crippen LogP contribution < -0.4 is 20.4 Å². The lowest BCUT2D eigenvalue weighted by Crippen LogP contribution is -2.49. The average Bonchev–Trinajstić information content (AvgIpc) is 3.76. The molecule has 1 amide bonds. The molecule has 0 radical (unpaired) electrons. The van der Waals surface area contributed by atoms with Crippen LogP contribution in [0.4, 0.5) is 10.7 Å². The first-order valence-corrected chi connectivity index (χ1v) is 15.8. The Hall–Kier alpha value is -3.19. The Morgan fingerprint density at radius 3 is 2.81 bits per heavy atom. The average molecular weight is 612 g/mol. The molecule has 2 saturated heterocycles. The molecule has 3 aromatic heterocycles. The Labute approximate surface area is 255 Å². The Balaban J connectivity index is 1.43. The molecule has 3 aromatic rings. The molecule has 4 aliphatic rings. The molecule has 12 nitrogen and oxygen atoms in total. The molecule has 2 aliphatic heterocycles. The molecular weight excluding hydrogens is 574 g/mol. The van der Waals surface area contributed by atoms with Crippen molar-refractivity contribution < 1.29 is 24.2 Å². The van der Waals surface area contributed by atoms with Gasteiger partial charge in [0.25, 0.3) is 0 Å². The van der Waals surface area contributed by atoms with E-state index in [4.69, 9.17) is 35.9 Å². The van der Waals surface area contributed by atoms with Crippen molar-refractivity contribution >= 4 is 34.7 Å². The third-order valence-corrected chi connectivity index (χ3v) is 9.48. The standard InChI is InChI=1S/C30H38ClN7O5/c1-17-5-7-18(8-6-17)16-38-26-21(34-29(38)37-9-11-41-24-4-2-3-23(24)37)14-22(27-35-30(40)43-36-27)33-25(26)20-13-19(31)15-32-28(20)42-12-10-39/h13-15,17-18,23-24,27,36,39H,2-12,16H2,1H3,(H,35,40)/t17?,18?,23-,24-,27?/m1/s1. The molecule has 0 aromatic carbocycles. The van der Waals surface area contributed by atoms with Gasteiger partial charge >= 0.3 is 6.09 Å². The number of ether oxygens (including phenoxy) is 2. The number of pyridine rings is 2. The molecule has 2 aliphatic carbocycles. The minimum atomic E-state index is -0.666. The molecule has 0 bridgehead atoms. The fraction of sp³-hybridized carbons (Fsp3) is 0.600. The number of nitrogens with one attached hydrogen (secondary N) is 2. The number of hydroxylamine groups is 1. The highest BCUT2D eigenvalue weighted by molar-refractivity contribution is 6.30. The van der Waals surface area contributed by atoms with E-state index in [1.165, 1.54) is 19.0 Å². The van der Waals surface area contributed by atoms with Crippen molar-refractivity contribution in [1.82, 2.24) is 30.3 Å². The smallest absolute Gasteiger partial charge is 0.427 e. The molecule has 43 heavy (non-hydrogen) atoms. The van der Waals surface area contributed by atoms with Crippen molar-refractivity contribution in [3.05, 3.63) is 29.0 Å². The maximum absolute atomic E-state index is 11.9. The van der Waals surface area contributed by atoms with Crippen LogP contribution in [0.25, 0.3) is 22.3 Å². The first-order valence-electron chi connectivity index (χ1n) is 15.4. The summed E-state index contributed by atoms with van der Waals surface area (Å²) in [5, 5.41) is 12.7. The summed E-state index contributed by atoms with van der Waals surface area (Å²) in [6.07, 6.45) is 8.50. The molecular formula is C30H38ClN7O5. The van der Waals surface area contributed by atoms with Gasteiger partial charge in [-0.2, -0.15) is 0 Å². The van der Waals surface area contributed by atoms with Gasteiger partial charge in [-0.25, -0.2) is 19.7 Å². The molecule has 4 fully saturated rings. The van der Waals surface area contributed by atoms with E-state index in [0.717, 1.165) is 68.1 Å². The number of carbonyl (C=O) groups excluding carboxylic acids is 1. The van der Waals surface area contributed by atoms with E-state index in [9.17, 15) is 9.90 Å². The highest BCUT2D eigenvalue weighted by atomic mass is 35.5. The molecule has 1 unspecified atom stereocenters. The van der Waals surface area contributed by atoms with Crippen LogP contribution in [-0.4, -0.2) is 69.2 Å². The number of hydrogen-bond acceptors (Lipinski definition) is 10. The summed E-state index contributed by atoms with van der Waals surface area (Å²) in [5.74, 6) is 2.48. The van der Waals surface area contributed by atoms with Crippen LogP contribution in [0.3, 0.4) is 0 Å². The Kier molecular flexibility index (Phi) is 8.02. The van der Waals surface area contributed by atoms with Crippen molar-refractivity contribution in [2.24, 2.45) is 11.8 Å². The first kappa shape index (κ1) is 28.6. The third-order valence-electron chi connectivity index (χ3n) is 9.27. The van der Waals surface area contributed by atoms with Crippen molar-refractivity contribution in [1.29, 1.82) is 0 Å². The molecule has 230 valence electrons. The van der Waals surface area contributed by atoms with Crippen LogP contribution in [0.15, 0.2) is 18.3 Å². The SMILES string of the molecule is CC1CCC(Cn2c(N3CCO[C@@H]4CCC[C@H]43)nc3cc(C4NOC(=O)N4)nc(-c4cc(Cl)cnc4OCCO)c32)CC1. The minimum Gasteiger partial charge on any atom is -0.475 e. The van der Waals surface area contributed by atoms with E-state index >= 15 is 0 Å². The van der Waals surface area contributed by atoms with Gasteiger partial charge in [-0.3, -0.25) is 5.32 Å². The third kappa shape index (κ3) is 5.61. The summed E-state index contributed by atoms with van der Waals surface area (Å²) in [5.41, 5.74) is 6.04. The van der Waals surface area contributed by atoms with Crippen molar-refractivity contribution in [3.63, 3.8) is 0 Å². The van der Waals surface area contributed by atoms with E-state index in [-0.39, 0.29) is 25.4 Å². The van der Waals surface area contributed by atoms with Crippen molar-refractivity contribution in [2.45, 2.75) is 76.7 Å². The van der Waals surface area contributed by atoms with Crippen LogP contribution >= 0.6 is 11.6 Å². The van der Waals surface area contributed by atoms with Gasteiger partial charge in [-0.05, 0) is 56.1 Å². The van der Waals surface area contributed by atoms with Gasteiger partial charge in [-0.1, -0.05) is 31.4 Å². The quantitative estimate of drug-likeness (QED) is 0.337. The first-order chi connectivity index (χ1) is 21.0. The lowest BCUT2D eigenvalue weighted by atomic mass is 9.83. The zero-order valence-corrected chi connectivity index (χ0v) is 25.1. The van der Waals surface area contributed by atoms with Gasteiger partial charge in [0.15, 0.2) is 6.17 Å². The summed E-state index contributed by atoms with van der Waals surface area (Å²) >= 11 is 6.51. The number of morpholine rings is 1. The Bertz CT molecular complexity index is 1490. The highest BCUT2D eigenvalue weighted by Gasteiger charge is 2.39. The van der Waals surface area contributed by atoms with Crippen LogP contribution in [0.2, 0.25) is 5.02 Å². The highest BCUT2D eigenvalue weighted by Crippen LogP contribution is 2.41. The fourth-order valence-electron chi connectivity index (χ4n) is 7.11. The van der Waals surface area contributed by atoms with Gasteiger partial charge in [0, 0.05) is 19.3 Å². The number of halogens is 1. The van der Waals surface area contributed by atoms with Gasteiger partial charge < -0.3 is 28.9 Å². The molecule has 2 saturated carbocycles. The Morgan fingerprint density at radius 2 is 2.02 bits per heavy atom.